The molecule has 29 heavy (non-hydrogen) atoms. The fraction of sp³-hybridized carbons (Fsp3) is 0.600. The first-order valence-electron chi connectivity index (χ1n) is 11.1. The molecule has 0 aliphatic heterocycles. The SMILES string of the molecule is C[C@]12CC[C@H]3[C@@H](CCC4=CC(=O)CC[C@@H]43)[C@@H]1CC[C@@H]2O.O=C(O)c1ccccc1. The molecule has 156 valence electrons. The summed E-state index contributed by atoms with van der Waals surface area (Å²) in [5, 5.41) is 18.8. The van der Waals surface area contributed by atoms with Crippen molar-refractivity contribution in [1.82, 2.24) is 0 Å². The zero-order valence-electron chi connectivity index (χ0n) is 17.2. The Labute approximate surface area is 173 Å². The normalized spacial score (nSPS) is 37.9. The molecule has 4 aliphatic carbocycles. The Balaban J connectivity index is 0.000000192. The second-order valence-corrected chi connectivity index (χ2v) is 9.61. The Morgan fingerprint density at radius 2 is 1.76 bits per heavy atom. The number of carboxylic acids is 1. The van der Waals surface area contributed by atoms with Crippen molar-refractivity contribution in [2.24, 2.45) is 29.1 Å². The van der Waals surface area contributed by atoms with Crippen molar-refractivity contribution in [3.8, 4) is 0 Å². The summed E-state index contributed by atoms with van der Waals surface area (Å²) < 4.78 is 0. The number of ketones is 1. The highest BCUT2D eigenvalue weighted by atomic mass is 16.4. The van der Waals surface area contributed by atoms with Gasteiger partial charge in [-0.3, -0.25) is 4.79 Å². The zero-order chi connectivity index (χ0) is 20.6. The van der Waals surface area contributed by atoms with Crippen molar-refractivity contribution in [2.45, 2.75) is 64.4 Å². The lowest BCUT2D eigenvalue weighted by molar-refractivity contribution is -0.116. The number of aromatic carboxylic acids is 1. The van der Waals surface area contributed by atoms with Crippen LogP contribution in [0.4, 0.5) is 0 Å². The van der Waals surface area contributed by atoms with Crippen LogP contribution in [0.2, 0.25) is 0 Å². The molecule has 2 N–H and O–H groups in total. The van der Waals surface area contributed by atoms with Crippen LogP contribution in [0.3, 0.4) is 0 Å². The minimum absolute atomic E-state index is 0.0710. The molecule has 0 saturated heterocycles. The minimum Gasteiger partial charge on any atom is -0.478 e. The van der Waals surface area contributed by atoms with Gasteiger partial charge in [-0.15, -0.1) is 0 Å². The summed E-state index contributed by atoms with van der Waals surface area (Å²) in [4.78, 5) is 21.8. The topological polar surface area (TPSA) is 74.6 Å². The second kappa shape index (κ2) is 8.06. The van der Waals surface area contributed by atoms with Crippen LogP contribution < -0.4 is 0 Å². The standard InChI is InChI=1S/C18H26O2.C7H6O2/c1-18-9-8-14-13-5-3-12(19)10-11(13)2-4-15(14)16(18)6-7-17(18)20;8-7(9)6-4-2-1-3-5-6/h10,13-17,20H,2-9H2,1H3;1-5H,(H,8,9)/t13-,14+,15+,16-,17-,18-;/m0./s1. The van der Waals surface area contributed by atoms with Gasteiger partial charge in [-0.05, 0) is 92.2 Å². The van der Waals surface area contributed by atoms with Gasteiger partial charge in [0, 0.05) is 6.42 Å². The highest BCUT2D eigenvalue weighted by Crippen LogP contribution is 2.61. The average molecular weight is 397 g/mol. The van der Waals surface area contributed by atoms with E-state index in [1.165, 1.54) is 31.3 Å². The van der Waals surface area contributed by atoms with E-state index in [2.05, 4.69) is 6.92 Å². The summed E-state index contributed by atoms with van der Waals surface area (Å²) in [6, 6.07) is 8.30. The summed E-state index contributed by atoms with van der Waals surface area (Å²) in [5.41, 5.74) is 1.98. The van der Waals surface area contributed by atoms with E-state index in [0.717, 1.165) is 43.4 Å². The van der Waals surface area contributed by atoms with Crippen LogP contribution in [0.5, 0.6) is 0 Å². The molecule has 4 nitrogen and oxygen atoms in total. The van der Waals surface area contributed by atoms with Gasteiger partial charge in [0.15, 0.2) is 5.78 Å². The van der Waals surface area contributed by atoms with Crippen LogP contribution >= 0.6 is 0 Å². The molecule has 0 amide bonds. The monoisotopic (exact) mass is 396 g/mol. The average Bonchev–Trinajstić information content (AvgIpc) is 3.03. The number of rotatable bonds is 1. The van der Waals surface area contributed by atoms with Crippen LogP contribution in [0.1, 0.15) is 68.6 Å². The molecule has 0 unspecified atom stereocenters. The molecular formula is C25H32O4. The molecule has 0 radical (unpaired) electrons. The van der Waals surface area contributed by atoms with Crippen molar-refractivity contribution in [3.63, 3.8) is 0 Å². The number of aliphatic hydroxyl groups excluding tert-OH is 1. The molecule has 5 rings (SSSR count). The molecule has 1 aromatic carbocycles. The van der Waals surface area contributed by atoms with Gasteiger partial charge < -0.3 is 10.2 Å². The summed E-state index contributed by atoms with van der Waals surface area (Å²) in [6.07, 6.45) is 10.9. The third kappa shape index (κ3) is 3.79. The highest BCUT2D eigenvalue weighted by molar-refractivity contribution is 5.91. The van der Waals surface area contributed by atoms with Crippen molar-refractivity contribution in [1.29, 1.82) is 0 Å². The number of carbonyl (C=O) groups is 2. The van der Waals surface area contributed by atoms with Crippen molar-refractivity contribution >= 4 is 11.8 Å². The van der Waals surface area contributed by atoms with Gasteiger partial charge in [0.25, 0.3) is 0 Å². The smallest absolute Gasteiger partial charge is 0.335 e. The van der Waals surface area contributed by atoms with Crippen molar-refractivity contribution in [3.05, 3.63) is 47.5 Å². The van der Waals surface area contributed by atoms with Crippen molar-refractivity contribution in [2.75, 3.05) is 0 Å². The molecule has 4 aliphatic rings. The first-order chi connectivity index (χ1) is 13.9. The van der Waals surface area contributed by atoms with Crippen LogP contribution in [-0.4, -0.2) is 28.1 Å². The molecule has 1 aromatic rings. The predicted molar refractivity (Wildman–Crippen MR) is 112 cm³/mol. The molecule has 0 spiro atoms. The Hall–Kier alpha value is -1.94. The number of allylic oxidation sites excluding steroid dienone is 1. The third-order valence-corrected chi connectivity index (χ3v) is 8.27. The second-order valence-electron chi connectivity index (χ2n) is 9.61. The summed E-state index contributed by atoms with van der Waals surface area (Å²) >= 11 is 0. The van der Waals surface area contributed by atoms with Gasteiger partial charge in [-0.25, -0.2) is 4.79 Å². The fourth-order valence-electron chi connectivity index (χ4n) is 6.73. The predicted octanol–water partition coefficient (Wildman–Crippen LogP) is 4.87. The first-order valence-corrected chi connectivity index (χ1v) is 11.1. The lowest BCUT2D eigenvalue weighted by atomic mass is 9.52. The van der Waals surface area contributed by atoms with Gasteiger partial charge in [-0.2, -0.15) is 0 Å². The minimum atomic E-state index is -0.879. The lowest BCUT2D eigenvalue weighted by Gasteiger charge is -2.53. The quantitative estimate of drug-likeness (QED) is 0.710. The van der Waals surface area contributed by atoms with Gasteiger partial charge in [-0.1, -0.05) is 30.7 Å². The highest BCUT2D eigenvalue weighted by Gasteiger charge is 2.55. The van der Waals surface area contributed by atoms with Crippen LogP contribution in [-0.2, 0) is 4.79 Å². The molecule has 4 heteroatoms. The van der Waals surface area contributed by atoms with E-state index in [0.29, 0.717) is 17.3 Å². The maximum Gasteiger partial charge on any atom is 0.335 e. The van der Waals surface area contributed by atoms with Gasteiger partial charge >= 0.3 is 5.97 Å². The molecule has 3 saturated carbocycles. The van der Waals surface area contributed by atoms with Gasteiger partial charge in [0.2, 0.25) is 0 Å². The number of hydrogen-bond donors (Lipinski definition) is 2. The Morgan fingerprint density at radius 1 is 1.00 bits per heavy atom. The maximum atomic E-state index is 11.6. The van der Waals surface area contributed by atoms with Gasteiger partial charge in [0.05, 0.1) is 11.7 Å². The summed E-state index contributed by atoms with van der Waals surface area (Å²) in [6.45, 7) is 2.33. The number of hydrogen-bond acceptors (Lipinski definition) is 3. The Bertz CT molecular complexity index is 798. The Kier molecular flexibility index (Phi) is 5.65. The molecule has 0 bridgehead atoms. The van der Waals surface area contributed by atoms with Crippen molar-refractivity contribution < 1.29 is 19.8 Å². The number of carboxylic acid groups (broad SMARTS) is 1. The number of carbonyl (C=O) groups excluding carboxylic acids is 1. The van der Waals surface area contributed by atoms with E-state index in [1.807, 2.05) is 6.08 Å². The van der Waals surface area contributed by atoms with Crippen LogP contribution in [0.25, 0.3) is 0 Å². The van der Waals surface area contributed by atoms with E-state index in [1.54, 1.807) is 30.3 Å². The third-order valence-electron chi connectivity index (χ3n) is 8.27. The number of aliphatic hydroxyl groups is 1. The van der Waals surface area contributed by atoms with E-state index >= 15 is 0 Å². The molecule has 0 aromatic heterocycles. The maximum absolute atomic E-state index is 11.6. The summed E-state index contributed by atoms with van der Waals surface area (Å²) in [7, 11) is 0. The molecule has 3 fully saturated rings. The number of benzene rings is 1. The lowest BCUT2D eigenvalue weighted by Crippen LogP contribution is -2.47. The Morgan fingerprint density at radius 3 is 2.45 bits per heavy atom. The largest absolute Gasteiger partial charge is 0.478 e. The number of fused-ring (bicyclic) bond motifs is 5. The van der Waals surface area contributed by atoms with Crippen LogP contribution in [0.15, 0.2) is 42.0 Å². The molecular weight excluding hydrogens is 364 g/mol. The zero-order valence-corrected chi connectivity index (χ0v) is 17.2. The van der Waals surface area contributed by atoms with E-state index in [-0.39, 0.29) is 11.5 Å². The first kappa shape index (κ1) is 20.3. The fourth-order valence-corrected chi connectivity index (χ4v) is 6.73. The summed E-state index contributed by atoms with van der Waals surface area (Å²) in [5.74, 6) is 2.50. The molecule has 0 heterocycles. The van der Waals surface area contributed by atoms with Crippen LogP contribution in [0, 0.1) is 29.1 Å². The van der Waals surface area contributed by atoms with E-state index < -0.39 is 5.97 Å². The van der Waals surface area contributed by atoms with Gasteiger partial charge in [0.1, 0.15) is 0 Å². The van der Waals surface area contributed by atoms with E-state index in [9.17, 15) is 14.7 Å². The molecule has 6 atom stereocenters. The van der Waals surface area contributed by atoms with E-state index in [4.69, 9.17) is 5.11 Å².